The Morgan fingerprint density at radius 3 is 2.06 bits per heavy atom. The van der Waals surface area contributed by atoms with Crippen molar-refractivity contribution in [1.29, 1.82) is 0 Å². The zero-order chi connectivity index (χ0) is 23.1. The molecule has 0 aliphatic carbocycles. The van der Waals surface area contributed by atoms with Crippen LogP contribution in [-0.4, -0.2) is 13.6 Å². The van der Waals surface area contributed by atoms with Gasteiger partial charge in [-0.1, -0.05) is 53.7 Å². The molecule has 4 rings (SSSR count). The van der Waals surface area contributed by atoms with Crippen LogP contribution in [0.15, 0.2) is 82.2 Å². The summed E-state index contributed by atoms with van der Waals surface area (Å²) in [7, 11) is -4.16. The fourth-order valence-corrected chi connectivity index (χ4v) is 4.28. The third-order valence-corrected chi connectivity index (χ3v) is 5.89. The van der Waals surface area contributed by atoms with Crippen LogP contribution in [-0.2, 0) is 16.2 Å². The van der Waals surface area contributed by atoms with Gasteiger partial charge in [-0.2, -0.15) is 13.2 Å². The second kappa shape index (κ2) is 7.92. The fraction of sp³-hybridized carbons (Fsp3) is 0.0870. The zero-order valence-corrected chi connectivity index (χ0v) is 17.5. The third kappa shape index (κ3) is 4.17. The van der Waals surface area contributed by atoms with Crippen molar-refractivity contribution < 1.29 is 26.1 Å². The lowest BCUT2D eigenvalue weighted by molar-refractivity contribution is -0.137. The maximum absolute atomic E-state index is 13.0. The molecule has 0 spiro atoms. The van der Waals surface area contributed by atoms with E-state index in [0.29, 0.717) is 27.9 Å². The summed E-state index contributed by atoms with van der Waals surface area (Å²) in [6.07, 6.45) is -4.47. The zero-order valence-electron chi connectivity index (χ0n) is 16.7. The topological polar surface area (TPSA) is 86.2 Å². The molecule has 1 aromatic heterocycles. The van der Waals surface area contributed by atoms with Gasteiger partial charge in [0.1, 0.15) is 0 Å². The number of hydrogen-bond donors (Lipinski definition) is 1. The molecule has 164 valence electrons. The second-order valence-electron chi connectivity index (χ2n) is 7.18. The van der Waals surface area contributed by atoms with Gasteiger partial charge < -0.3 is 4.52 Å². The first-order valence-electron chi connectivity index (χ1n) is 9.42. The smallest absolute Gasteiger partial charge is 0.356 e. The van der Waals surface area contributed by atoms with Gasteiger partial charge in [-0.25, -0.2) is 13.6 Å². The molecule has 3 aromatic carbocycles. The van der Waals surface area contributed by atoms with E-state index < -0.39 is 21.8 Å². The van der Waals surface area contributed by atoms with Crippen molar-refractivity contribution in [2.45, 2.75) is 18.0 Å². The Labute approximate surface area is 182 Å². The molecule has 4 aromatic rings. The van der Waals surface area contributed by atoms with Crippen LogP contribution in [0, 0.1) is 6.92 Å². The maximum atomic E-state index is 13.0. The van der Waals surface area contributed by atoms with E-state index in [1.54, 1.807) is 43.3 Å². The van der Waals surface area contributed by atoms with Crippen LogP contribution >= 0.6 is 0 Å². The number of primary sulfonamides is 1. The van der Waals surface area contributed by atoms with Crippen molar-refractivity contribution in [2.75, 3.05) is 0 Å². The van der Waals surface area contributed by atoms with Gasteiger partial charge in [-0.3, -0.25) is 0 Å². The molecule has 0 fully saturated rings. The molecule has 1 heterocycles. The Kier molecular flexibility index (Phi) is 5.39. The molecular weight excluding hydrogens is 441 g/mol. The highest BCUT2D eigenvalue weighted by molar-refractivity contribution is 7.89. The molecule has 2 N–H and O–H groups in total. The van der Waals surface area contributed by atoms with Gasteiger partial charge in [0, 0.05) is 17.2 Å². The van der Waals surface area contributed by atoms with Gasteiger partial charge >= 0.3 is 6.18 Å². The summed E-state index contributed by atoms with van der Waals surface area (Å²) in [5.41, 5.74) is 2.01. The normalized spacial score (nSPS) is 12.2. The van der Waals surface area contributed by atoms with E-state index in [2.05, 4.69) is 5.16 Å². The molecule has 0 radical (unpaired) electrons. The summed E-state index contributed by atoms with van der Waals surface area (Å²) >= 11 is 0. The Morgan fingerprint density at radius 2 is 1.53 bits per heavy atom. The molecule has 5 nitrogen and oxygen atoms in total. The highest BCUT2D eigenvalue weighted by Crippen LogP contribution is 2.44. The Morgan fingerprint density at radius 1 is 0.875 bits per heavy atom. The third-order valence-electron chi connectivity index (χ3n) is 4.93. The van der Waals surface area contributed by atoms with E-state index in [1.807, 2.05) is 0 Å². The lowest BCUT2D eigenvalue weighted by atomic mass is 9.89. The predicted octanol–water partition coefficient (Wildman–Crippen LogP) is 5.65. The Balaban J connectivity index is 2.08. The minimum absolute atomic E-state index is 0.178. The number of aromatic nitrogens is 1. The van der Waals surface area contributed by atoms with Gasteiger partial charge in [0.2, 0.25) is 10.0 Å². The van der Waals surface area contributed by atoms with Crippen molar-refractivity contribution in [3.05, 3.63) is 84.1 Å². The summed E-state index contributed by atoms with van der Waals surface area (Å²) in [5.74, 6) is 0.180. The lowest BCUT2D eigenvalue weighted by Gasteiger charge is -2.18. The standard InChI is InChI=1S/C23H17F3N2O3S/c1-14-13-19(31-28-14)22-20(32(27,29)30)12-11-18(21(22)16-5-3-2-4-6-16)15-7-9-17(10-8-15)23(24,25)26/h2-13H,1H3,(H2,27,29,30). The number of halogens is 3. The minimum atomic E-state index is -4.47. The number of hydrogen-bond acceptors (Lipinski definition) is 4. The van der Waals surface area contributed by atoms with Crippen LogP contribution < -0.4 is 5.14 Å². The molecule has 0 aliphatic heterocycles. The highest BCUT2D eigenvalue weighted by atomic mass is 32.2. The first-order valence-corrected chi connectivity index (χ1v) is 11.0. The number of alkyl halides is 3. The van der Waals surface area contributed by atoms with E-state index >= 15 is 0 Å². The molecule has 0 saturated carbocycles. The summed E-state index contributed by atoms with van der Waals surface area (Å²) < 4.78 is 69.3. The van der Waals surface area contributed by atoms with Crippen LogP contribution in [0.5, 0.6) is 0 Å². The molecule has 0 atom stereocenters. The molecule has 32 heavy (non-hydrogen) atoms. The van der Waals surface area contributed by atoms with E-state index in [4.69, 9.17) is 9.66 Å². The molecule has 0 aliphatic rings. The van der Waals surface area contributed by atoms with E-state index in [9.17, 15) is 21.6 Å². The van der Waals surface area contributed by atoms with Crippen LogP contribution in [0.1, 0.15) is 11.3 Å². The second-order valence-corrected chi connectivity index (χ2v) is 8.71. The van der Waals surface area contributed by atoms with Crippen molar-refractivity contribution in [3.8, 4) is 33.6 Å². The van der Waals surface area contributed by atoms with E-state index in [1.165, 1.54) is 24.3 Å². The summed E-state index contributed by atoms with van der Waals surface area (Å²) in [6, 6.07) is 17.9. The van der Waals surface area contributed by atoms with Crippen molar-refractivity contribution in [2.24, 2.45) is 5.14 Å². The van der Waals surface area contributed by atoms with E-state index in [0.717, 1.165) is 12.1 Å². The monoisotopic (exact) mass is 458 g/mol. The number of aryl methyl sites for hydroxylation is 1. The van der Waals surface area contributed by atoms with Crippen LogP contribution in [0.25, 0.3) is 33.6 Å². The SMILES string of the molecule is Cc1cc(-c2c(S(N)(=O)=O)ccc(-c3ccc(C(F)(F)F)cc3)c2-c2ccccc2)on1. The first-order chi connectivity index (χ1) is 15.1. The van der Waals surface area contributed by atoms with Gasteiger partial charge in [0.25, 0.3) is 0 Å². The molecule has 0 saturated heterocycles. The summed E-state index contributed by atoms with van der Waals surface area (Å²) in [5, 5.41) is 9.35. The van der Waals surface area contributed by atoms with Gasteiger partial charge in [0.15, 0.2) is 5.76 Å². The largest absolute Gasteiger partial charge is 0.416 e. The minimum Gasteiger partial charge on any atom is -0.356 e. The van der Waals surface area contributed by atoms with E-state index in [-0.39, 0.29) is 16.2 Å². The maximum Gasteiger partial charge on any atom is 0.416 e. The van der Waals surface area contributed by atoms with Gasteiger partial charge in [-0.15, -0.1) is 0 Å². The van der Waals surface area contributed by atoms with Gasteiger partial charge in [-0.05, 0) is 41.8 Å². The summed E-state index contributed by atoms with van der Waals surface area (Å²) in [4.78, 5) is -0.178. The fourth-order valence-electron chi connectivity index (χ4n) is 3.53. The van der Waals surface area contributed by atoms with Crippen molar-refractivity contribution >= 4 is 10.0 Å². The van der Waals surface area contributed by atoms with Crippen LogP contribution in [0.4, 0.5) is 13.2 Å². The number of benzene rings is 3. The highest BCUT2D eigenvalue weighted by Gasteiger charge is 2.30. The van der Waals surface area contributed by atoms with Crippen molar-refractivity contribution in [3.63, 3.8) is 0 Å². The quantitative estimate of drug-likeness (QED) is 0.428. The lowest BCUT2D eigenvalue weighted by Crippen LogP contribution is -2.14. The number of nitrogens with two attached hydrogens (primary N) is 1. The number of rotatable bonds is 4. The Hall–Kier alpha value is -3.43. The predicted molar refractivity (Wildman–Crippen MR) is 114 cm³/mol. The molecular formula is C23H17F3N2O3S. The summed E-state index contributed by atoms with van der Waals surface area (Å²) in [6.45, 7) is 1.69. The molecule has 0 unspecified atom stereocenters. The van der Waals surface area contributed by atoms with Crippen LogP contribution in [0.3, 0.4) is 0 Å². The average Bonchev–Trinajstić information content (AvgIpc) is 3.18. The molecule has 9 heteroatoms. The first kappa shape index (κ1) is 21.8. The average molecular weight is 458 g/mol. The number of nitrogens with zero attached hydrogens (tertiary/aromatic N) is 1. The molecule has 0 amide bonds. The Bertz CT molecular complexity index is 1380. The van der Waals surface area contributed by atoms with Crippen LogP contribution in [0.2, 0.25) is 0 Å². The van der Waals surface area contributed by atoms with Crippen molar-refractivity contribution in [1.82, 2.24) is 5.16 Å². The van der Waals surface area contributed by atoms with Gasteiger partial charge in [0.05, 0.1) is 16.2 Å². The molecule has 0 bridgehead atoms. The number of sulfonamides is 1.